The average Bonchev–Trinajstić information content (AvgIpc) is 2.25. The molecule has 0 unspecified atom stereocenters. The maximum Gasteiger partial charge on any atom is 0.288 e. The summed E-state index contributed by atoms with van der Waals surface area (Å²) < 4.78 is 0. The lowest BCUT2D eigenvalue weighted by Gasteiger charge is -2.17. The third kappa shape index (κ3) is 3.82. The van der Waals surface area contributed by atoms with Gasteiger partial charge in [-0.25, -0.2) is 0 Å². The van der Waals surface area contributed by atoms with Crippen LogP contribution < -0.4 is 11.5 Å². The van der Waals surface area contributed by atoms with Crippen LogP contribution >= 0.6 is 11.6 Å². The first kappa shape index (κ1) is 15.2. The van der Waals surface area contributed by atoms with Crippen molar-refractivity contribution in [1.29, 1.82) is 0 Å². The third-order valence-electron chi connectivity index (χ3n) is 2.59. The van der Waals surface area contributed by atoms with Gasteiger partial charge in [0, 0.05) is 22.7 Å². The second kappa shape index (κ2) is 5.44. The summed E-state index contributed by atoms with van der Waals surface area (Å²) >= 11 is 5.75. The summed E-state index contributed by atoms with van der Waals surface area (Å²) in [6.07, 6.45) is 0. The van der Waals surface area contributed by atoms with Crippen molar-refractivity contribution in [1.82, 2.24) is 0 Å². The quantitative estimate of drug-likeness (QED) is 0.292. The Hall–Kier alpha value is -1.82. The highest BCUT2D eigenvalue weighted by Crippen LogP contribution is 2.30. The predicted octanol–water partition coefficient (Wildman–Crippen LogP) is 2.73. The molecular weight excluding hydrogens is 268 g/mol. The number of halogens is 1. The maximum absolute atomic E-state index is 10.8. The largest absolute Gasteiger partial charge is 0.398 e. The predicted molar refractivity (Wildman–Crippen MR) is 77.3 cm³/mol. The van der Waals surface area contributed by atoms with Gasteiger partial charge in [-0.15, -0.1) is 0 Å². The molecule has 1 aromatic rings. The van der Waals surface area contributed by atoms with Crippen LogP contribution in [-0.2, 0) is 6.54 Å². The first-order valence-electron chi connectivity index (χ1n) is 5.65. The molecule has 0 spiro atoms. The lowest BCUT2D eigenvalue weighted by molar-refractivity contribution is -0.384. The van der Waals surface area contributed by atoms with Crippen molar-refractivity contribution >= 4 is 28.8 Å². The van der Waals surface area contributed by atoms with E-state index in [1.807, 2.05) is 20.8 Å². The van der Waals surface area contributed by atoms with Gasteiger partial charge in [0.15, 0.2) is 0 Å². The van der Waals surface area contributed by atoms with Crippen molar-refractivity contribution in [3.05, 3.63) is 32.8 Å². The molecule has 0 bridgehead atoms. The van der Waals surface area contributed by atoms with E-state index in [1.165, 1.54) is 12.1 Å². The molecule has 0 radical (unpaired) electrons. The van der Waals surface area contributed by atoms with Crippen LogP contribution in [0.15, 0.2) is 17.1 Å². The van der Waals surface area contributed by atoms with Gasteiger partial charge < -0.3 is 11.5 Å². The van der Waals surface area contributed by atoms with Crippen molar-refractivity contribution in [2.24, 2.45) is 16.1 Å². The Bertz CT molecular complexity index is 535. The van der Waals surface area contributed by atoms with Crippen LogP contribution in [0.3, 0.4) is 0 Å². The maximum atomic E-state index is 10.8. The number of nitrogens with two attached hydrogens (primary N) is 2. The molecule has 0 atom stereocenters. The van der Waals surface area contributed by atoms with Crippen LogP contribution in [0.5, 0.6) is 0 Å². The minimum atomic E-state index is -0.553. The standard InChI is InChI=1S/C12H17ClN4O2/c1-12(2,3)11(15)16-6-7-4-10(17(18)19)8(13)5-9(7)14/h4-5H,6,14H2,1-3H3,(H2,15,16). The van der Waals surface area contributed by atoms with Crippen LogP contribution in [0.25, 0.3) is 0 Å². The number of rotatable bonds is 3. The first-order valence-corrected chi connectivity index (χ1v) is 6.03. The van der Waals surface area contributed by atoms with Gasteiger partial charge in [0.25, 0.3) is 5.69 Å². The summed E-state index contributed by atoms with van der Waals surface area (Å²) in [7, 11) is 0. The summed E-state index contributed by atoms with van der Waals surface area (Å²) in [5.74, 6) is 0.463. The number of nitrogen functional groups attached to an aromatic ring is 1. The van der Waals surface area contributed by atoms with Crippen LogP contribution in [-0.4, -0.2) is 10.8 Å². The van der Waals surface area contributed by atoms with Gasteiger partial charge in [0.2, 0.25) is 0 Å². The summed E-state index contributed by atoms with van der Waals surface area (Å²) in [6, 6.07) is 2.69. The van der Waals surface area contributed by atoms with Gasteiger partial charge in [0.1, 0.15) is 5.02 Å². The molecule has 1 aromatic carbocycles. The minimum absolute atomic E-state index is 0.0130. The Morgan fingerprint density at radius 3 is 2.53 bits per heavy atom. The van der Waals surface area contributed by atoms with Crippen LogP contribution in [0, 0.1) is 15.5 Å². The third-order valence-corrected chi connectivity index (χ3v) is 2.90. The topological polar surface area (TPSA) is 108 Å². The Labute approximate surface area is 116 Å². The van der Waals surface area contributed by atoms with E-state index >= 15 is 0 Å². The number of nitro benzene ring substituents is 1. The molecule has 0 aliphatic heterocycles. The minimum Gasteiger partial charge on any atom is -0.398 e. The van der Waals surface area contributed by atoms with Crippen molar-refractivity contribution in [2.75, 3.05) is 5.73 Å². The van der Waals surface area contributed by atoms with E-state index in [0.717, 1.165) is 0 Å². The lowest BCUT2D eigenvalue weighted by atomic mass is 9.95. The fraction of sp³-hybridized carbons (Fsp3) is 0.417. The summed E-state index contributed by atoms with van der Waals surface area (Å²) in [5, 5.41) is 10.8. The Balaban J connectivity index is 3.09. The van der Waals surface area contributed by atoms with Crippen molar-refractivity contribution in [3.8, 4) is 0 Å². The Kier molecular flexibility index (Phi) is 4.36. The molecule has 0 heterocycles. The molecule has 1 rings (SSSR count). The van der Waals surface area contributed by atoms with E-state index < -0.39 is 4.92 Å². The lowest BCUT2D eigenvalue weighted by Crippen LogP contribution is -2.29. The molecule has 7 heteroatoms. The summed E-state index contributed by atoms with van der Waals surface area (Å²) in [4.78, 5) is 14.5. The monoisotopic (exact) mass is 284 g/mol. The summed E-state index contributed by atoms with van der Waals surface area (Å²) in [6.45, 7) is 5.98. The van der Waals surface area contributed by atoms with E-state index in [2.05, 4.69) is 4.99 Å². The van der Waals surface area contributed by atoms with Crippen LogP contribution in [0.4, 0.5) is 11.4 Å². The molecule has 0 aromatic heterocycles. The molecule has 19 heavy (non-hydrogen) atoms. The van der Waals surface area contributed by atoms with E-state index in [1.54, 1.807) is 0 Å². The van der Waals surface area contributed by atoms with E-state index in [-0.39, 0.29) is 22.7 Å². The number of hydrogen-bond donors (Lipinski definition) is 2. The number of anilines is 1. The normalized spacial score (nSPS) is 12.5. The zero-order chi connectivity index (χ0) is 14.8. The molecule has 4 N–H and O–H groups in total. The van der Waals surface area contributed by atoms with Gasteiger partial charge in [0.05, 0.1) is 17.3 Å². The second-order valence-electron chi connectivity index (χ2n) is 5.21. The van der Waals surface area contributed by atoms with Crippen LogP contribution in [0.1, 0.15) is 26.3 Å². The molecule has 104 valence electrons. The molecular formula is C12H17ClN4O2. The van der Waals surface area contributed by atoms with Gasteiger partial charge in [-0.05, 0) is 6.07 Å². The second-order valence-corrected chi connectivity index (χ2v) is 5.62. The number of hydrogen-bond acceptors (Lipinski definition) is 4. The highest BCUT2D eigenvalue weighted by Gasteiger charge is 2.17. The van der Waals surface area contributed by atoms with Crippen molar-refractivity contribution < 1.29 is 4.92 Å². The number of aliphatic imine (C=N–C) groups is 1. The number of nitro groups is 1. The number of nitrogens with zero attached hydrogens (tertiary/aromatic N) is 2. The molecule has 0 fully saturated rings. The highest BCUT2D eigenvalue weighted by atomic mass is 35.5. The summed E-state index contributed by atoms with van der Waals surface area (Å²) in [5.41, 5.74) is 12.0. The van der Waals surface area contributed by atoms with Crippen LogP contribution in [0.2, 0.25) is 5.02 Å². The highest BCUT2D eigenvalue weighted by molar-refractivity contribution is 6.33. The van der Waals surface area contributed by atoms with Gasteiger partial charge in [-0.2, -0.15) is 0 Å². The SMILES string of the molecule is CC(C)(C)C(N)=NCc1cc([N+](=O)[O-])c(Cl)cc1N. The smallest absolute Gasteiger partial charge is 0.288 e. The Morgan fingerprint density at radius 1 is 1.47 bits per heavy atom. The number of amidine groups is 1. The Morgan fingerprint density at radius 2 is 2.05 bits per heavy atom. The number of benzene rings is 1. The molecule has 0 aliphatic rings. The van der Waals surface area contributed by atoms with Gasteiger partial charge in [-0.3, -0.25) is 15.1 Å². The van der Waals surface area contributed by atoms with E-state index in [4.69, 9.17) is 23.1 Å². The first-order chi connectivity index (χ1) is 8.62. The molecule has 0 saturated heterocycles. The zero-order valence-corrected chi connectivity index (χ0v) is 11.9. The van der Waals surface area contributed by atoms with Crippen molar-refractivity contribution in [3.63, 3.8) is 0 Å². The molecule has 0 saturated carbocycles. The van der Waals surface area contributed by atoms with Gasteiger partial charge >= 0.3 is 0 Å². The average molecular weight is 285 g/mol. The molecule has 0 aliphatic carbocycles. The van der Waals surface area contributed by atoms with Gasteiger partial charge in [-0.1, -0.05) is 32.4 Å². The molecule has 6 nitrogen and oxygen atoms in total. The van der Waals surface area contributed by atoms with Crippen molar-refractivity contribution in [2.45, 2.75) is 27.3 Å². The zero-order valence-electron chi connectivity index (χ0n) is 11.1. The molecule has 0 amide bonds. The fourth-order valence-corrected chi connectivity index (χ4v) is 1.55. The van der Waals surface area contributed by atoms with E-state index in [9.17, 15) is 10.1 Å². The van der Waals surface area contributed by atoms with E-state index in [0.29, 0.717) is 17.1 Å². The fourth-order valence-electron chi connectivity index (χ4n) is 1.30.